The van der Waals surface area contributed by atoms with E-state index in [9.17, 15) is 0 Å². The Kier molecular flexibility index (Phi) is 8.61. The van der Waals surface area contributed by atoms with Gasteiger partial charge in [-0.15, -0.1) is 0 Å². The number of para-hydroxylation sites is 1. The first kappa shape index (κ1) is 26.7. The van der Waals surface area contributed by atoms with Crippen LogP contribution in [0.3, 0.4) is 0 Å². The molecule has 0 amide bonds. The van der Waals surface area contributed by atoms with Crippen LogP contribution in [-0.4, -0.2) is 47.4 Å². The monoisotopic (exact) mass is 551 g/mol. The van der Waals surface area contributed by atoms with E-state index in [1.54, 1.807) is 0 Å². The molecule has 0 radical (unpaired) electrons. The van der Waals surface area contributed by atoms with Crippen molar-refractivity contribution in [1.82, 2.24) is 15.3 Å². The standard InChI is InChI=1S/C29H34ClN5O2S/c1-21-8-5-6-15-35(21)25-19-26(37-24-11-3-2-4-12-24)33-27(32-25)34-28(38)31-20-29(13-16-36-17-14-29)22-9-7-10-23(30)18-22/h2-4,7,9-12,18-19,21H,5-6,8,13-17,20H2,1H3,(H2,31,32,33,34,38)/t21-/m0/s1. The van der Waals surface area contributed by atoms with Gasteiger partial charge >= 0.3 is 0 Å². The van der Waals surface area contributed by atoms with Gasteiger partial charge in [0.15, 0.2) is 5.11 Å². The van der Waals surface area contributed by atoms with E-state index < -0.39 is 0 Å². The van der Waals surface area contributed by atoms with Gasteiger partial charge < -0.3 is 25.0 Å². The van der Waals surface area contributed by atoms with Crippen LogP contribution in [0.25, 0.3) is 0 Å². The van der Waals surface area contributed by atoms with Gasteiger partial charge in [0.1, 0.15) is 11.6 Å². The average Bonchev–Trinajstić information content (AvgIpc) is 2.93. The fourth-order valence-electron chi connectivity index (χ4n) is 5.26. The van der Waals surface area contributed by atoms with Crippen LogP contribution in [0.5, 0.6) is 11.6 Å². The smallest absolute Gasteiger partial charge is 0.234 e. The van der Waals surface area contributed by atoms with Crippen LogP contribution >= 0.6 is 23.8 Å². The predicted octanol–water partition coefficient (Wildman–Crippen LogP) is 6.34. The van der Waals surface area contributed by atoms with Crippen molar-refractivity contribution in [2.75, 3.05) is 36.5 Å². The summed E-state index contributed by atoms with van der Waals surface area (Å²) in [6.07, 6.45) is 5.28. The van der Waals surface area contributed by atoms with Crippen LogP contribution in [0.1, 0.15) is 44.6 Å². The number of halogens is 1. The fourth-order valence-corrected chi connectivity index (χ4v) is 5.61. The summed E-state index contributed by atoms with van der Waals surface area (Å²) in [5, 5.41) is 7.84. The topological polar surface area (TPSA) is 71.5 Å². The molecule has 2 fully saturated rings. The van der Waals surface area contributed by atoms with Crippen LogP contribution in [0, 0.1) is 0 Å². The highest BCUT2D eigenvalue weighted by atomic mass is 35.5. The lowest BCUT2D eigenvalue weighted by atomic mass is 9.74. The Labute approximate surface area is 234 Å². The summed E-state index contributed by atoms with van der Waals surface area (Å²) < 4.78 is 11.8. The van der Waals surface area contributed by atoms with Crippen molar-refractivity contribution in [2.45, 2.75) is 50.5 Å². The van der Waals surface area contributed by atoms with Crippen molar-refractivity contribution in [3.63, 3.8) is 0 Å². The van der Waals surface area contributed by atoms with E-state index >= 15 is 0 Å². The van der Waals surface area contributed by atoms with Crippen molar-refractivity contribution in [3.05, 3.63) is 71.2 Å². The number of rotatable bonds is 7. The van der Waals surface area contributed by atoms with E-state index in [1.165, 1.54) is 12.0 Å². The van der Waals surface area contributed by atoms with Crippen LogP contribution in [-0.2, 0) is 10.2 Å². The maximum absolute atomic E-state index is 6.34. The summed E-state index contributed by atoms with van der Waals surface area (Å²) in [4.78, 5) is 11.8. The van der Waals surface area contributed by atoms with Gasteiger partial charge in [-0.1, -0.05) is 41.9 Å². The van der Waals surface area contributed by atoms with Gasteiger partial charge in [0.2, 0.25) is 11.8 Å². The number of nitrogens with zero attached hydrogens (tertiary/aromatic N) is 3. The molecule has 2 saturated heterocycles. The number of nitrogens with one attached hydrogen (secondary N) is 2. The zero-order valence-corrected chi connectivity index (χ0v) is 23.2. The molecular weight excluding hydrogens is 518 g/mol. The number of hydrogen-bond donors (Lipinski definition) is 2. The lowest BCUT2D eigenvalue weighted by Crippen LogP contribution is -2.45. The number of thiocarbonyl (C=S) groups is 1. The normalized spacial score (nSPS) is 19.0. The molecule has 0 aliphatic carbocycles. The van der Waals surface area contributed by atoms with Gasteiger partial charge in [0.25, 0.3) is 0 Å². The highest BCUT2D eigenvalue weighted by Crippen LogP contribution is 2.35. The summed E-state index contributed by atoms with van der Waals surface area (Å²) in [5.74, 6) is 2.44. The van der Waals surface area contributed by atoms with Crippen molar-refractivity contribution >= 4 is 40.7 Å². The molecule has 3 aromatic rings. The lowest BCUT2D eigenvalue weighted by molar-refractivity contribution is 0.0515. The first-order valence-electron chi connectivity index (χ1n) is 13.3. The van der Waals surface area contributed by atoms with E-state index in [4.69, 9.17) is 38.3 Å². The van der Waals surface area contributed by atoms with Crippen molar-refractivity contribution in [3.8, 4) is 11.6 Å². The van der Waals surface area contributed by atoms with Gasteiger partial charge in [0.05, 0.1) is 0 Å². The quantitative estimate of drug-likeness (QED) is 0.330. The second kappa shape index (κ2) is 12.3. The molecule has 2 aliphatic rings. The molecule has 0 bridgehead atoms. The summed E-state index contributed by atoms with van der Waals surface area (Å²) in [7, 11) is 0. The molecule has 2 aromatic carbocycles. The first-order chi connectivity index (χ1) is 18.5. The molecule has 7 nitrogen and oxygen atoms in total. The van der Waals surface area contributed by atoms with Gasteiger partial charge in [0, 0.05) is 48.8 Å². The largest absolute Gasteiger partial charge is 0.439 e. The Bertz CT molecular complexity index is 1240. The van der Waals surface area contributed by atoms with Gasteiger partial charge in [-0.3, -0.25) is 0 Å². The van der Waals surface area contributed by atoms with Crippen LogP contribution in [0.2, 0.25) is 5.02 Å². The highest BCUT2D eigenvalue weighted by molar-refractivity contribution is 7.80. The molecule has 0 saturated carbocycles. The second-order valence-electron chi connectivity index (χ2n) is 10.1. The van der Waals surface area contributed by atoms with Gasteiger partial charge in [-0.05, 0) is 81.1 Å². The average molecular weight is 552 g/mol. The van der Waals surface area contributed by atoms with Crippen LogP contribution < -0.4 is 20.3 Å². The Morgan fingerprint density at radius 2 is 1.92 bits per heavy atom. The molecule has 0 spiro atoms. The molecular formula is C29H34ClN5O2S. The van der Waals surface area contributed by atoms with E-state index in [1.807, 2.05) is 54.6 Å². The Morgan fingerprint density at radius 1 is 1.11 bits per heavy atom. The summed E-state index contributed by atoms with van der Waals surface area (Å²) in [6.45, 7) is 5.25. The third-order valence-electron chi connectivity index (χ3n) is 7.45. The number of ether oxygens (including phenoxy) is 2. The Morgan fingerprint density at radius 3 is 2.68 bits per heavy atom. The minimum absolute atomic E-state index is 0.123. The summed E-state index contributed by atoms with van der Waals surface area (Å²) >= 11 is 12.0. The van der Waals surface area contributed by atoms with E-state index in [0.717, 1.165) is 48.8 Å². The van der Waals surface area contributed by atoms with Gasteiger partial charge in [-0.2, -0.15) is 9.97 Å². The third-order valence-corrected chi connectivity index (χ3v) is 7.93. The Hall–Kier alpha value is -2.94. The minimum atomic E-state index is -0.123. The van der Waals surface area contributed by atoms with Crippen molar-refractivity contribution < 1.29 is 9.47 Å². The predicted molar refractivity (Wildman–Crippen MR) is 157 cm³/mol. The zero-order valence-electron chi connectivity index (χ0n) is 21.7. The lowest BCUT2D eigenvalue weighted by Gasteiger charge is -2.38. The fraction of sp³-hybridized carbons (Fsp3) is 0.414. The molecule has 3 heterocycles. The van der Waals surface area contributed by atoms with E-state index in [0.29, 0.717) is 42.7 Å². The number of piperidine rings is 1. The van der Waals surface area contributed by atoms with E-state index in [2.05, 4.69) is 33.5 Å². The maximum atomic E-state index is 6.34. The Balaban J connectivity index is 1.34. The van der Waals surface area contributed by atoms with Crippen LogP contribution in [0.15, 0.2) is 60.7 Å². The van der Waals surface area contributed by atoms with Gasteiger partial charge in [-0.25, -0.2) is 0 Å². The molecule has 5 rings (SSSR count). The molecule has 200 valence electrons. The van der Waals surface area contributed by atoms with Crippen LogP contribution in [0.4, 0.5) is 11.8 Å². The summed E-state index contributed by atoms with van der Waals surface area (Å²) in [6, 6.07) is 20.0. The minimum Gasteiger partial charge on any atom is -0.439 e. The number of benzene rings is 2. The molecule has 38 heavy (non-hydrogen) atoms. The molecule has 2 aliphatic heterocycles. The SMILES string of the molecule is C[C@H]1CCCCN1c1cc(Oc2ccccc2)nc(NC(=S)NCC2(c3cccc(Cl)c3)CCOCC2)n1. The van der Waals surface area contributed by atoms with E-state index in [-0.39, 0.29) is 5.41 Å². The van der Waals surface area contributed by atoms with Crippen molar-refractivity contribution in [2.24, 2.45) is 0 Å². The van der Waals surface area contributed by atoms with Crippen molar-refractivity contribution in [1.29, 1.82) is 0 Å². The molecule has 9 heteroatoms. The molecule has 1 atom stereocenters. The molecule has 1 aromatic heterocycles. The number of anilines is 2. The first-order valence-corrected chi connectivity index (χ1v) is 14.1. The highest BCUT2D eigenvalue weighted by Gasteiger charge is 2.35. The maximum Gasteiger partial charge on any atom is 0.234 e. The summed E-state index contributed by atoms with van der Waals surface area (Å²) in [5.41, 5.74) is 1.07. The number of aromatic nitrogens is 2. The molecule has 2 N–H and O–H groups in total. The number of hydrogen-bond acceptors (Lipinski definition) is 6. The third kappa shape index (κ3) is 6.54. The zero-order chi connectivity index (χ0) is 26.4. The second-order valence-corrected chi connectivity index (χ2v) is 10.9. The molecule has 0 unspecified atom stereocenters.